The van der Waals surface area contributed by atoms with E-state index in [4.69, 9.17) is 18.9 Å². The molecule has 0 aromatic heterocycles. The van der Waals surface area contributed by atoms with Crippen LogP contribution < -0.4 is 9.47 Å². The number of fused-ring (bicyclic) bond motifs is 1. The van der Waals surface area contributed by atoms with Gasteiger partial charge in [-0.25, -0.2) is 9.59 Å². The van der Waals surface area contributed by atoms with Crippen molar-refractivity contribution < 1.29 is 28.5 Å². The number of methoxy groups -OCH3 is 1. The predicted molar refractivity (Wildman–Crippen MR) is 136 cm³/mol. The number of ether oxygens (including phenoxy) is 4. The first-order chi connectivity index (χ1) is 17.0. The van der Waals surface area contributed by atoms with E-state index in [0.29, 0.717) is 30.1 Å². The summed E-state index contributed by atoms with van der Waals surface area (Å²) in [6.45, 7) is 7.80. The second-order valence-corrected chi connectivity index (χ2v) is 8.40. The molecule has 6 nitrogen and oxygen atoms in total. The van der Waals surface area contributed by atoms with Gasteiger partial charge >= 0.3 is 11.9 Å². The molecular weight excluding hydrogens is 444 g/mol. The lowest BCUT2D eigenvalue weighted by Crippen LogP contribution is -2.08. The average molecular weight is 477 g/mol. The van der Waals surface area contributed by atoms with Gasteiger partial charge < -0.3 is 18.9 Å². The first kappa shape index (κ1) is 26.0. The lowest BCUT2D eigenvalue weighted by Gasteiger charge is -2.09. The maximum absolute atomic E-state index is 12.5. The molecule has 0 fully saturated rings. The fraction of sp³-hybridized carbons (Fsp3) is 0.310. The van der Waals surface area contributed by atoms with Crippen molar-refractivity contribution in [2.24, 2.45) is 0 Å². The van der Waals surface area contributed by atoms with Crippen molar-refractivity contribution in [3.05, 3.63) is 83.9 Å². The second-order valence-electron chi connectivity index (χ2n) is 8.40. The van der Waals surface area contributed by atoms with Gasteiger partial charge in [0.05, 0.1) is 31.5 Å². The Morgan fingerprint density at radius 2 is 1.37 bits per heavy atom. The molecule has 0 bridgehead atoms. The van der Waals surface area contributed by atoms with E-state index in [9.17, 15) is 9.59 Å². The lowest BCUT2D eigenvalue weighted by molar-refractivity contribution is 0.0600. The van der Waals surface area contributed by atoms with Gasteiger partial charge in [0.15, 0.2) is 0 Å². The number of hydrogen-bond donors (Lipinski definition) is 0. The molecule has 0 spiro atoms. The Bertz CT molecular complexity index is 1150. The van der Waals surface area contributed by atoms with Crippen molar-refractivity contribution in [1.82, 2.24) is 0 Å². The first-order valence-electron chi connectivity index (χ1n) is 11.8. The largest absolute Gasteiger partial charge is 0.494 e. The fourth-order valence-electron chi connectivity index (χ4n) is 3.48. The average Bonchev–Trinajstić information content (AvgIpc) is 2.87. The smallest absolute Gasteiger partial charge is 0.343 e. The molecule has 0 aliphatic heterocycles. The molecule has 3 aromatic rings. The van der Waals surface area contributed by atoms with E-state index >= 15 is 0 Å². The Morgan fingerprint density at radius 3 is 2.09 bits per heavy atom. The molecule has 0 radical (unpaired) electrons. The molecule has 0 aliphatic rings. The van der Waals surface area contributed by atoms with Crippen LogP contribution in [0.25, 0.3) is 10.8 Å². The number of carbonyl (C=O) groups excluding carboxylic acids is 2. The number of carbonyl (C=O) groups is 2. The highest BCUT2D eigenvalue weighted by molar-refractivity contribution is 5.96. The van der Waals surface area contributed by atoms with E-state index in [1.807, 2.05) is 6.92 Å². The van der Waals surface area contributed by atoms with Gasteiger partial charge in [-0.1, -0.05) is 30.7 Å². The van der Waals surface area contributed by atoms with Crippen LogP contribution in [0.3, 0.4) is 0 Å². The summed E-state index contributed by atoms with van der Waals surface area (Å²) in [4.78, 5) is 24.2. The molecule has 0 saturated heterocycles. The summed E-state index contributed by atoms with van der Waals surface area (Å²) >= 11 is 0. The molecule has 3 aromatic carbocycles. The monoisotopic (exact) mass is 476 g/mol. The topological polar surface area (TPSA) is 71.1 Å². The normalized spacial score (nSPS) is 10.7. The molecule has 3 rings (SSSR count). The van der Waals surface area contributed by atoms with Gasteiger partial charge in [0.25, 0.3) is 0 Å². The second kappa shape index (κ2) is 13.3. The van der Waals surface area contributed by atoms with E-state index in [2.05, 4.69) is 6.58 Å². The molecule has 0 saturated carbocycles. The Hall–Kier alpha value is -3.64. The Labute approximate surface area is 206 Å². The summed E-state index contributed by atoms with van der Waals surface area (Å²) in [6.07, 6.45) is 4.19. The van der Waals surface area contributed by atoms with Gasteiger partial charge in [0.2, 0.25) is 0 Å². The standard InChI is InChI=1S/C29H32O6/c1-21(2)20-33-16-6-4-5-7-17-34-26-13-10-22(11-14-26)29(31)35-27-15-12-23-18-25(28(30)32-3)9-8-24(23)19-27/h8-15,18-19H,1,4-7,16-17,20H2,2-3H3. The van der Waals surface area contributed by atoms with Gasteiger partial charge in [-0.2, -0.15) is 0 Å². The van der Waals surface area contributed by atoms with Gasteiger partial charge in [-0.05, 0) is 85.5 Å². The van der Waals surface area contributed by atoms with E-state index in [1.54, 1.807) is 60.7 Å². The van der Waals surface area contributed by atoms with Crippen molar-refractivity contribution in [2.45, 2.75) is 32.6 Å². The third kappa shape index (κ3) is 8.26. The van der Waals surface area contributed by atoms with E-state index in [-0.39, 0.29) is 0 Å². The van der Waals surface area contributed by atoms with Crippen molar-refractivity contribution in [1.29, 1.82) is 0 Å². The van der Waals surface area contributed by atoms with Gasteiger partial charge in [-0.15, -0.1) is 0 Å². The van der Waals surface area contributed by atoms with E-state index in [1.165, 1.54) is 7.11 Å². The number of benzene rings is 3. The quantitative estimate of drug-likeness (QED) is 0.123. The fourth-order valence-corrected chi connectivity index (χ4v) is 3.48. The Kier molecular flexibility index (Phi) is 9.87. The van der Waals surface area contributed by atoms with Crippen molar-refractivity contribution >= 4 is 22.7 Å². The van der Waals surface area contributed by atoms with Gasteiger partial charge in [-0.3, -0.25) is 0 Å². The molecule has 0 N–H and O–H groups in total. The zero-order valence-electron chi connectivity index (χ0n) is 20.4. The van der Waals surface area contributed by atoms with Crippen LogP contribution >= 0.6 is 0 Å². The minimum absolute atomic E-state index is 0.394. The molecule has 35 heavy (non-hydrogen) atoms. The Balaban J connectivity index is 1.43. The summed E-state index contributed by atoms with van der Waals surface area (Å²) in [5.41, 5.74) is 1.95. The molecule has 184 valence electrons. The van der Waals surface area contributed by atoms with Crippen LogP contribution in [0.15, 0.2) is 72.8 Å². The maximum Gasteiger partial charge on any atom is 0.343 e. The van der Waals surface area contributed by atoms with Crippen LogP contribution in [0.4, 0.5) is 0 Å². The molecule has 0 amide bonds. The van der Waals surface area contributed by atoms with Crippen LogP contribution in [0, 0.1) is 0 Å². The number of rotatable bonds is 13. The maximum atomic E-state index is 12.5. The molecule has 0 unspecified atom stereocenters. The van der Waals surface area contributed by atoms with Crippen LogP contribution in [0.1, 0.15) is 53.3 Å². The number of esters is 2. The molecule has 0 atom stereocenters. The van der Waals surface area contributed by atoms with Crippen molar-refractivity contribution in [3.8, 4) is 11.5 Å². The summed E-state index contributed by atoms with van der Waals surface area (Å²) in [7, 11) is 1.35. The zero-order chi connectivity index (χ0) is 25.0. The summed E-state index contributed by atoms with van der Waals surface area (Å²) in [5, 5.41) is 1.70. The highest BCUT2D eigenvalue weighted by Gasteiger charge is 2.11. The molecule has 6 heteroatoms. The first-order valence-corrected chi connectivity index (χ1v) is 11.8. The van der Waals surface area contributed by atoms with Crippen LogP contribution in [0.2, 0.25) is 0 Å². The molecule has 0 heterocycles. The summed E-state index contributed by atoms with van der Waals surface area (Å²) in [6, 6.07) is 17.4. The van der Waals surface area contributed by atoms with E-state index < -0.39 is 11.9 Å². The minimum Gasteiger partial charge on any atom is -0.494 e. The number of unbranched alkanes of at least 4 members (excludes halogenated alkanes) is 3. The third-order valence-electron chi connectivity index (χ3n) is 5.33. The van der Waals surface area contributed by atoms with Crippen LogP contribution in [-0.2, 0) is 9.47 Å². The Morgan fingerprint density at radius 1 is 0.743 bits per heavy atom. The van der Waals surface area contributed by atoms with Crippen molar-refractivity contribution in [2.75, 3.05) is 26.9 Å². The lowest BCUT2D eigenvalue weighted by atomic mass is 10.1. The number of hydrogen-bond acceptors (Lipinski definition) is 6. The van der Waals surface area contributed by atoms with Gasteiger partial charge in [0, 0.05) is 6.61 Å². The zero-order valence-corrected chi connectivity index (χ0v) is 20.4. The predicted octanol–water partition coefficient (Wildman–Crippen LogP) is 6.38. The SMILES string of the molecule is C=C(C)COCCCCCCOc1ccc(C(=O)Oc2ccc3cc(C(=O)OC)ccc3c2)cc1. The molecular formula is C29H32O6. The highest BCUT2D eigenvalue weighted by Crippen LogP contribution is 2.23. The third-order valence-corrected chi connectivity index (χ3v) is 5.33. The summed E-state index contributed by atoms with van der Waals surface area (Å²) < 4.78 is 21.5. The molecule has 0 aliphatic carbocycles. The van der Waals surface area contributed by atoms with Crippen LogP contribution in [-0.4, -0.2) is 38.9 Å². The van der Waals surface area contributed by atoms with E-state index in [0.717, 1.165) is 54.4 Å². The van der Waals surface area contributed by atoms with Gasteiger partial charge in [0.1, 0.15) is 11.5 Å². The summed E-state index contributed by atoms with van der Waals surface area (Å²) in [5.74, 6) is 0.308. The van der Waals surface area contributed by atoms with Crippen LogP contribution in [0.5, 0.6) is 11.5 Å². The van der Waals surface area contributed by atoms with Crippen molar-refractivity contribution in [3.63, 3.8) is 0 Å². The minimum atomic E-state index is -0.448. The highest BCUT2D eigenvalue weighted by atomic mass is 16.5.